The molecular weight excluding hydrogens is 188 g/mol. The van der Waals surface area contributed by atoms with Crippen molar-refractivity contribution in [3.8, 4) is 0 Å². The Hall–Kier alpha value is -1.76. The van der Waals surface area contributed by atoms with Gasteiger partial charge in [0.1, 0.15) is 5.82 Å². The molecule has 1 rings (SSSR count). The van der Waals surface area contributed by atoms with Crippen molar-refractivity contribution in [3.63, 3.8) is 0 Å². The number of nitrogens with two attached hydrogens (primary N) is 1. The first-order valence-electron chi connectivity index (χ1n) is 4.04. The van der Waals surface area contributed by atoms with Crippen molar-refractivity contribution in [1.29, 1.82) is 0 Å². The zero-order valence-electron chi connectivity index (χ0n) is 7.96. The lowest BCUT2D eigenvalue weighted by molar-refractivity contribution is 0.210. The third-order valence-corrected chi connectivity index (χ3v) is 1.69. The highest BCUT2D eigenvalue weighted by Gasteiger charge is 2.08. The lowest BCUT2D eigenvalue weighted by Gasteiger charge is -2.09. The zero-order valence-corrected chi connectivity index (χ0v) is 7.96. The van der Waals surface area contributed by atoms with E-state index in [9.17, 15) is 9.59 Å². The lowest BCUT2D eigenvalue weighted by atomic mass is 10.5. The Morgan fingerprint density at radius 1 is 1.57 bits per heavy atom. The number of rotatable bonds is 3. The Morgan fingerprint density at radius 2 is 2.21 bits per heavy atom. The van der Waals surface area contributed by atoms with E-state index in [0.717, 1.165) is 4.57 Å². The molecule has 4 N–H and O–H groups in total. The van der Waals surface area contributed by atoms with Crippen LogP contribution in [0, 0.1) is 0 Å². The van der Waals surface area contributed by atoms with E-state index in [0.29, 0.717) is 6.61 Å². The molecule has 0 fully saturated rings. The minimum absolute atomic E-state index is 0.0344. The van der Waals surface area contributed by atoms with E-state index in [1.165, 1.54) is 7.05 Å². The number of nitrogens with zero attached hydrogens (tertiary/aromatic N) is 1. The molecule has 1 aromatic heterocycles. The minimum atomic E-state index is -0.598. The molecule has 0 aliphatic heterocycles. The molecule has 7 nitrogen and oxygen atoms in total. The maximum absolute atomic E-state index is 11.2. The fourth-order valence-electron chi connectivity index (χ4n) is 0.880. The fraction of sp³-hybridized carbons (Fsp3) is 0.429. The van der Waals surface area contributed by atoms with Crippen LogP contribution in [0.5, 0.6) is 0 Å². The van der Waals surface area contributed by atoms with Gasteiger partial charge in [0.2, 0.25) is 0 Å². The molecule has 0 spiro atoms. The van der Waals surface area contributed by atoms with Gasteiger partial charge in [-0.05, 0) is 6.92 Å². The smallest absolute Gasteiger partial charge is 0.329 e. The Balaban J connectivity index is 3.23. The van der Waals surface area contributed by atoms with Gasteiger partial charge in [0.25, 0.3) is 5.56 Å². The molecule has 0 aliphatic rings. The average molecular weight is 200 g/mol. The summed E-state index contributed by atoms with van der Waals surface area (Å²) in [6.45, 7) is 2.13. The molecule has 7 heteroatoms. The Morgan fingerprint density at radius 3 is 2.79 bits per heavy atom. The predicted octanol–water partition coefficient (Wildman–Crippen LogP) is -0.981. The summed E-state index contributed by atoms with van der Waals surface area (Å²) in [6.07, 6.45) is 0. The van der Waals surface area contributed by atoms with Crippen molar-refractivity contribution in [3.05, 3.63) is 20.8 Å². The van der Waals surface area contributed by atoms with E-state index in [1.54, 1.807) is 6.92 Å². The van der Waals surface area contributed by atoms with Crippen LogP contribution in [0.3, 0.4) is 0 Å². The lowest BCUT2D eigenvalue weighted by Crippen LogP contribution is -2.32. The Labute approximate surface area is 79.5 Å². The molecule has 0 saturated heterocycles. The van der Waals surface area contributed by atoms with Gasteiger partial charge in [0.05, 0.1) is 6.61 Å². The summed E-state index contributed by atoms with van der Waals surface area (Å²) in [4.78, 5) is 29.2. The van der Waals surface area contributed by atoms with Crippen LogP contribution in [0.4, 0.5) is 11.5 Å². The third-order valence-electron chi connectivity index (χ3n) is 1.69. The van der Waals surface area contributed by atoms with Crippen LogP contribution in [0.25, 0.3) is 0 Å². The maximum Gasteiger partial charge on any atom is 0.329 e. The van der Waals surface area contributed by atoms with E-state index < -0.39 is 11.2 Å². The first-order valence-corrected chi connectivity index (χ1v) is 4.04. The van der Waals surface area contributed by atoms with Crippen LogP contribution < -0.4 is 22.5 Å². The number of aromatic nitrogens is 2. The highest BCUT2D eigenvalue weighted by molar-refractivity contribution is 5.58. The summed E-state index contributed by atoms with van der Waals surface area (Å²) in [5, 5.41) is 0. The van der Waals surface area contributed by atoms with Crippen molar-refractivity contribution in [1.82, 2.24) is 9.55 Å². The maximum atomic E-state index is 11.2. The van der Waals surface area contributed by atoms with Crippen LogP contribution in [0.2, 0.25) is 0 Å². The van der Waals surface area contributed by atoms with E-state index >= 15 is 0 Å². The highest BCUT2D eigenvalue weighted by Crippen LogP contribution is 2.07. The number of nitrogens with one attached hydrogen (secondary N) is 2. The van der Waals surface area contributed by atoms with Gasteiger partial charge in [0, 0.05) is 7.05 Å². The van der Waals surface area contributed by atoms with Crippen molar-refractivity contribution in [2.45, 2.75) is 6.92 Å². The normalized spacial score (nSPS) is 10.1. The van der Waals surface area contributed by atoms with E-state index in [4.69, 9.17) is 10.6 Å². The molecule has 0 atom stereocenters. The quantitative estimate of drug-likeness (QED) is 0.544. The van der Waals surface area contributed by atoms with Gasteiger partial charge in [-0.3, -0.25) is 24.7 Å². The van der Waals surface area contributed by atoms with Crippen LogP contribution in [0.1, 0.15) is 6.92 Å². The molecule has 0 saturated carbocycles. The van der Waals surface area contributed by atoms with Crippen molar-refractivity contribution < 1.29 is 4.84 Å². The number of hydrogen-bond donors (Lipinski definition) is 3. The first kappa shape index (κ1) is 10.3. The van der Waals surface area contributed by atoms with E-state index in [1.807, 2.05) is 0 Å². The molecule has 1 aromatic rings. The first-order chi connectivity index (χ1) is 6.57. The van der Waals surface area contributed by atoms with Crippen molar-refractivity contribution >= 4 is 11.5 Å². The summed E-state index contributed by atoms with van der Waals surface area (Å²) in [5.74, 6) is 0.0344. The van der Waals surface area contributed by atoms with Crippen LogP contribution in [0.15, 0.2) is 9.59 Å². The van der Waals surface area contributed by atoms with Gasteiger partial charge in [-0.25, -0.2) is 4.79 Å². The number of hydrogen-bond acceptors (Lipinski definition) is 5. The Kier molecular flexibility index (Phi) is 2.92. The van der Waals surface area contributed by atoms with Crippen LogP contribution >= 0.6 is 0 Å². The molecular formula is C7H12N4O3. The minimum Gasteiger partial charge on any atom is -0.383 e. The molecule has 0 unspecified atom stereocenters. The van der Waals surface area contributed by atoms with Gasteiger partial charge < -0.3 is 5.73 Å². The van der Waals surface area contributed by atoms with Crippen LogP contribution in [-0.4, -0.2) is 16.2 Å². The zero-order chi connectivity index (χ0) is 10.7. The fourth-order valence-corrected chi connectivity index (χ4v) is 0.880. The summed E-state index contributed by atoms with van der Waals surface area (Å²) in [7, 11) is 1.45. The Bertz CT molecular complexity index is 434. The molecule has 14 heavy (non-hydrogen) atoms. The number of aromatic amines is 1. The molecule has 0 aromatic carbocycles. The monoisotopic (exact) mass is 200 g/mol. The van der Waals surface area contributed by atoms with Gasteiger partial charge in [-0.1, -0.05) is 0 Å². The summed E-state index contributed by atoms with van der Waals surface area (Å²) in [5.41, 5.74) is 6.77. The van der Waals surface area contributed by atoms with Crippen molar-refractivity contribution in [2.75, 3.05) is 17.8 Å². The topological polar surface area (TPSA) is 102 Å². The van der Waals surface area contributed by atoms with Crippen LogP contribution in [-0.2, 0) is 11.9 Å². The number of H-pyrrole nitrogens is 1. The second-order valence-electron chi connectivity index (χ2n) is 2.61. The van der Waals surface area contributed by atoms with E-state index in [-0.39, 0.29) is 11.5 Å². The van der Waals surface area contributed by atoms with Gasteiger partial charge in [-0.15, -0.1) is 0 Å². The largest absolute Gasteiger partial charge is 0.383 e. The summed E-state index contributed by atoms with van der Waals surface area (Å²) >= 11 is 0. The predicted molar refractivity (Wildman–Crippen MR) is 52.0 cm³/mol. The summed E-state index contributed by atoms with van der Waals surface area (Å²) in [6, 6.07) is 0. The molecule has 78 valence electrons. The molecule has 0 aliphatic carbocycles. The molecule has 0 bridgehead atoms. The molecule has 0 radical (unpaired) electrons. The number of anilines is 2. The average Bonchev–Trinajstić information content (AvgIpc) is 2.14. The molecule has 1 heterocycles. The summed E-state index contributed by atoms with van der Waals surface area (Å²) < 4.78 is 1.11. The van der Waals surface area contributed by atoms with Gasteiger partial charge >= 0.3 is 5.69 Å². The number of nitrogen functional groups attached to an aromatic ring is 1. The molecule has 0 amide bonds. The standard InChI is InChI=1S/C7H12N4O3/c1-3-14-10-4-5(8)11(2)7(13)9-6(4)12/h10H,3,8H2,1-2H3,(H,9,12,13). The van der Waals surface area contributed by atoms with Gasteiger partial charge in [-0.2, -0.15) is 0 Å². The second kappa shape index (κ2) is 3.97. The van der Waals surface area contributed by atoms with Gasteiger partial charge in [0.15, 0.2) is 5.69 Å². The van der Waals surface area contributed by atoms with Crippen molar-refractivity contribution in [2.24, 2.45) is 7.05 Å². The van der Waals surface area contributed by atoms with E-state index in [2.05, 4.69) is 10.5 Å². The SMILES string of the molecule is CCONc1c(N)n(C)c(=O)[nH]c1=O. The third kappa shape index (κ3) is 1.77. The second-order valence-corrected chi connectivity index (χ2v) is 2.61. The highest BCUT2D eigenvalue weighted by atomic mass is 16.6.